The van der Waals surface area contributed by atoms with Gasteiger partial charge in [-0.25, -0.2) is 0 Å². The molecule has 0 aliphatic heterocycles. The Bertz CT molecular complexity index is 6790. The van der Waals surface area contributed by atoms with Crippen molar-refractivity contribution in [3.8, 4) is 72.9 Å². The maximum Gasteiger partial charge on any atom is 0.0547 e. The molecule has 21 aromatic rings. The van der Waals surface area contributed by atoms with Gasteiger partial charge in [-0.3, -0.25) is 0 Å². The summed E-state index contributed by atoms with van der Waals surface area (Å²) >= 11 is 0. The van der Waals surface area contributed by atoms with Gasteiger partial charge in [-0.2, -0.15) is 0 Å². The van der Waals surface area contributed by atoms with Crippen LogP contribution in [0.3, 0.4) is 0 Å². The van der Waals surface area contributed by atoms with Crippen molar-refractivity contribution in [2.45, 2.75) is 0 Å². The number of hydrogen-bond donors (Lipinski definition) is 0. The zero-order valence-electron chi connectivity index (χ0n) is 55.1. The number of fused-ring (bicyclic) bond motifs is 15. The lowest BCUT2D eigenvalue weighted by Gasteiger charge is -2.11. The molecule has 5 heterocycles. The summed E-state index contributed by atoms with van der Waals surface area (Å²) in [5.74, 6) is 0. The fourth-order valence-electron chi connectivity index (χ4n) is 16.3. The first-order chi connectivity index (χ1) is 50.1. The zero-order valence-corrected chi connectivity index (χ0v) is 55.1. The second-order valence-electron chi connectivity index (χ2n) is 26.3. The molecule has 5 aromatic heterocycles. The highest BCUT2D eigenvalue weighted by molar-refractivity contribution is 6.20. The summed E-state index contributed by atoms with van der Waals surface area (Å²) in [6.45, 7) is 0. The Labute approximate surface area is 583 Å². The van der Waals surface area contributed by atoms with Crippen LogP contribution in [0.4, 0.5) is 0 Å². The normalized spacial score (nSPS) is 11.8. The third-order valence-electron chi connectivity index (χ3n) is 20.7. The average Bonchev–Trinajstić information content (AvgIpc) is 1.66. The van der Waals surface area contributed by atoms with Crippen LogP contribution >= 0.6 is 0 Å². The third-order valence-corrected chi connectivity index (χ3v) is 20.7. The topological polar surface area (TPSA) is 24.6 Å². The minimum absolute atomic E-state index is 1.16. The van der Waals surface area contributed by atoms with E-state index in [1.54, 1.807) is 0 Å². The highest BCUT2D eigenvalue weighted by Crippen LogP contribution is 2.45. The van der Waals surface area contributed by atoms with Crippen LogP contribution in [0, 0.1) is 0 Å². The van der Waals surface area contributed by atoms with Gasteiger partial charge < -0.3 is 22.8 Å². The third kappa shape index (κ3) is 9.39. The summed E-state index contributed by atoms with van der Waals surface area (Å²) in [4.78, 5) is 0. The van der Waals surface area contributed by atoms with E-state index >= 15 is 0 Å². The summed E-state index contributed by atoms with van der Waals surface area (Å²) in [6.07, 6.45) is 0. The Morgan fingerprint density at radius 3 is 0.861 bits per heavy atom. The van der Waals surface area contributed by atoms with Gasteiger partial charge in [0.05, 0.1) is 55.2 Å². The molecule has 5 nitrogen and oxygen atoms in total. The van der Waals surface area contributed by atoms with Crippen molar-refractivity contribution >= 4 is 109 Å². The summed E-state index contributed by atoms with van der Waals surface area (Å²) in [7, 11) is 0. The Balaban J connectivity index is 0.000000136. The first-order valence-corrected chi connectivity index (χ1v) is 34.7. The molecule has 0 N–H and O–H groups in total. The highest BCUT2D eigenvalue weighted by Gasteiger charge is 2.23. The van der Waals surface area contributed by atoms with Crippen molar-refractivity contribution in [3.63, 3.8) is 0 Å². The van der Waals surface area contributed by atoms with E-state index in [0.717, 1.165) is 17.1 Å². The Hall–Kier alpha value is -13.5. The molecule has 0 bridgehead atoms. The van der Waals surface area contributed by atoms with Gasteiger partial charge in [-0.15, -0.1) is 0 Å². The molecule has 0 aliphatic rings. The van der Waals surface area contributed by atoms with Crippen LogP contribution in [0.5, 0.6) is 0 Å². The van der Waals surface area contributed by atoms with E-state index in [1.807, 2.05) is 0 Å². The molecule has 0 amide bonds. The van der Waals surface area contributed by atoms with Gasteiger partial charge in [-0.1, -0.05) is 243 Å². The van der Waals surface area contributed by atoms with Gasteiger partial charge in [0.15, 0.2) is 0 Å². The fraction of sp³-hybridized carbons (Fsp3) is 0. The summed E-state index contributed by atoms with van der Waals surface area (Å²) in [5, 5.41) is 12.6. The van der Waals surface area contributed by atoms with E-state index in [2.05, 4.69) is 405 Å². The lowest BCUT2D eigenvalue weighted by molar-refractivity contribution is 1.17. The SMILES string of the molecule is c1ccc(-c2cccc(-n3c4ccccc4c4c(-c5ccc6c(c5)c5cc(-c7ccccc7)ccc5n6-c5ccccc5)cccc43)c2)cc1.c1ccc(-n2c3ccccc3c3cc(-n4c5ccccc5c5cc(-c6cccc7c6c6ccccc6n7-c6ccccc6)ccc54)ccc32)cc1. The fourth-order valence-corrected chi connectivity index (χ4v) is 16.3. The van der Waals surface area contributed by atoms with Crippen LogP contribution in [0.15, 0.2) is 382 Å². The molecule has 0 saturated carbocycles. The molecule has 0 atom stereocenters. The van der Waals surface area contributed by atoms with E-state index in [4.69, 9.17) is 0 Å². The monoisotopic (exact) mass is 1290 g/mol. The van der Waals surface area contributed by atoms with Crippen molar-refractivity contribution in [2.24, 2.45) is 0 Å². The van der Waals surface area contributed by atoms with Crippen LogP contribution in [0.2, 0.25) is 0 Å². The Morgan fingerprint density at radius 2 is 0.396 bits per heavy atom. The smallest absolute Gasteiger partial charge is 0.0547 e. The molecule has 0 radical (unpaired) electrons. The first-order valence-electron chi connectivity index (χ1n) is 34.7. The second kappa shape index (κ2) is 23.7. The summed E-state index contributed by atoms with van der Waals surface area (Å²) in [5.41, 5.74) is 27.6. The minimum Gasteiger partial charge on any atom is -0.309 e. The maximum atomic E-state index is 2.43. The highest BCUT2D eigenvalue weighted by atomic mass is 15.0. The van der Waals surface area contributed by atoms with Gasteiger partial charge >= 0.3 is 0 Å². The molecule has 0 aliphatic carbocycles. The molecule has 0 spiro atoms. The van der Waals surface area contributed by atoms with Crippen LogP contribution < -0.4 is 0 Å². The van der Waals surface area contributed by atoms with Crippen LogP contribution in [-0.2, 0) is 0 Å². The van der Waals surface area contributed by atoms with Crippen molar-refractivity contribution in [1.29, 1.82) is 0 Å². The molecular formula is C96H63N5. The summed E-state index contributed by atoms with van der Waals surface area (Å²) in [6, 6.07) is 139. The van der Waals surface area contributed by atoms with E-state index in [0.29, 0.717) is 0 Å². The quantitative estimate of drug-likeness (QED) is 0.138. The predicted molar refractivity (Wildman–Crippen MR) is 426 cm³/mol. The molecule has 101 heavy (non-hydrogen) atoms. The van der Waals surface area contributed by atoms with Crippen molar-refractivity contribution in [2.75, 3.05) is 0 Å². The molecule has 16 aromatic carbocycles. The maximum absolute atomic E-state index is 2.43. The molecular weight excluding hydrogens is 1220 g/mol. The lowest BCUT2D eigenvalue weighted by atomic mass is 9.97. The number of benzene rings is 16. The first kappa shape index (κ1) is 57.7. The molecule has 21 rings (SSSR count). The van der Waals surface area contributed by atoms with Crippen LogP contribution in [0.1, 0.15) is 0 Å². The Kier molecular flexibility index (Phi) is 13.5. The van der Waals surface area contributed by atoms with Crippen molar-refractivity contribution < 1.29 is 0 Å². The predicted octanol–water partition coefficient (Wildman–Crippen LogP) is 25.5. The standard InChI is InChI=1S/C48H31N3.C48H32N2/c1-3-14-33(15-4-1)49-42-22-10-8-19-38(42)41-31-35(27-29-46(41)49)51-43-23-11-7-18-37(43)40-30-32(26-28-45(40)51)36-21-13-25-47-48(36)39-20-9-12-24-44(39)50(47)34-16-5-2-6-17-34;1-4-14-33(15-5-1)35-18-12-21-39(30-35)50-44-24-11-10-22-41(44)48-40(23-13-25-47(48)50)37-27-29-46-43(32-37)42-31-36(34-16-6-2-7-17-34)26-28-45(42)49(46)38-19-8-3-9-20-38/h1-31H;1-32H. The number of nitrogens with zero attached hydrogens (tertiary/aromatic N) is 5. The van der Waals surface area contributed by atoms with E-state index in [-0.39, 0.29) is 0 Å². The number of aromatic nitrogens is 5. The van der Waals surface area contributed by atoms with Crippen molar-refractivity contribution in [3.05, 3.63) is 382 Å². The van der Waals surface area contributed by atoms with Gasteiger partial charge in [0.25, 0.3) is 0 Å². The number of hydrogen-bond acceptors (Lipinski definition) is 0. The second-order valence-corrected chi connectivity index (χ2v) is 26.3. The largest absolute Gasteiger partial charge is 0.309 e. The number of para-hydroxylation sites is 7. The molecule has 0 fully saturated rings. The lowest BCUT2D eigenvalue weighted by Crippen LogP contribution is -1.95. The van der Waals surface area contributed by atoms with E-state index in [9.17, 15) is 0 Å². The van der Waals surface area contributed by atoms with Gasteiger partial charge in [-0.05, 0) is 184 Å². The molecule has 0 saturated heterocycles. The molecule has 0 unspecified atom stereocenters. The Morgan fingerprint density at radius 1 is 0.129 bits per heavy atom. The molecule has 472 valence electrons. The van der Waals surface area contributed by atoms with Crippen LogP contribution in [0.25, 0.3) is 182 Å². The van der Waals surface area contributed by atoms with E-state index < -0.39 is 0 Å². The zero-order chi connectivity index (χ0) is 66.5. The van der Waals surface area contributed by atoms with Crippen LogP contribution in [-0.4, -0.2) is 22.8 Å². The van der Waals surface area contributed by atoms with Gasteiger partial charge in [0.1, 0.15) is 0 Å². The average molecular weight is 1290 g/mol. The van der Waals surface area contributed by atoms with Gasteiger partial charge in [0, 0.05) is 82.3 Å². The van der Waals surface area contributed by atoms with E-state index in [1.165, 1.54) is 165 Å². The summed E-state index contributed by atoms with van der Waals surface area (Å²) < 4.78 is 12.0. The minimum atomic E-state index is 1.16. The molecule has 5 heteroatoms. The number of rotatable bonds is 9. The van der Waals surface area contributed by atoms with Gasteiger partial charge in [0.2, 0.25) is 0 Å². The van der Waals surface area contributed by atoms with Crippen molar-refractivity contribution in [1.82, 2.24) is 22.8 Å².